The molecule has 0 aliphatic heterocycles. The van der Waals surface area contributed by atoms with Crippen molar-refractivity contribution in [2.75, 3.05) is 0 Å². The molecule has 4 nitrogen and oxygen atoms in total. The lowest BCUT2D eigenvalue weighted by Crippen LogP contribution is -2.00. The first-order valence-electron chi connectivity index (χ1n) is 15.4. The molecule has 2 heterocycles. The Balaban J connectivity index is 1.17. The monoisotopic (exact) mass is 589 g/mol. The van der Waals surface area contributed by atoms with Crippen molar-refractivity contribution in [3.63, 3.8) is 0 Å². The molecule has 46 heavy (non-hydrogen) atoms. The Labute approximate surface area is 265 Å². The lowest BCUT2D eigenvalue weighted by atomic mass is 10.0. The second-order valence-corrected chi connectivity index (χ2v) is 11.8. The van der Waals surface area contributed by atoms with E-state index in [1.165, 1.54) is 16.3 Å². The third-order valence-electron chi connectivity index (χ3n) is 8.76. The topological polar surface area (TPSA) is 51.8 Å². The molecule has 0 aliphatic carbocycles. The van der Waals surface area contributed by atoms with Gasteiger partial charge in [-0.1, -0.05) is 127 Å². The summed E-state index contributed by atoms with van der Waals surface area (Å²) >= 11 is 0. The number of furan rings is 1. The fourth-order valence-electron chi connectivity index (χ4n) is 6.36. The van der Waals surface area contributed by atoms with Crippen LogP contribution < -0.4 is 0 Å². The van der Waals surface area contributed by atoms with E-state index in [0.717, 1.165) is 60.5 Å². The minimum absolute atomic E-state index is 0.630. The number of aromatic nitrogens is 3. The minimum atomic E-state index is 0.630. The highest BCUT2D eigenvalue weighted by atomic mass is 16.3. The summed E-state index contributed by atoms with van der Waals surface area (Å²) in [5.41, 5.74) is 7.97. The Morgan fingerprint density at radius 1 is 0.413 bits per heavy atom. The maximum atomic E-state index is 6.37. The van der Waals surface area contributed by atoms with Gasteiger partial charge in [0.15, 0.2) is 17.5 Å². The van der Waals surface area contributed by atoms with E-state index in [4.69, 9.17) is 19.4 Å². The lowest BCUT2D eigenvalue weighted by Gasteiger charge is -2.10. The molecule has 0 spiro atoms. The molecule has 0 radical (unpaired) electrons. The zero-order valence-corrected chi connectivity index (χ0v) is 25.1. The number of aryl methyl sites for hydroxylation is 1. The van der Waals surface area contributed by atoms with Gasteiger partial charge in [0, 0.05) is 33.0 Å². The molecule has 9 rings (SSSR count). The molecule has 0 saturated heterocycles. The second kappa shape index (κ2) is 10.5. The van der Waals surface area contributed by atoms with Crippen molar-refractivity contribution in [3.05, 3.63) is 151 Å². The van der Waals surface area contributed by atoms with Crippen LogP contribution in [0.5, 0.6) is 0 Å². The molecule has 0 bridgehead atoms. The Morgan fingerprint density at radius 3 is 1.59 bits per heavy atom. The quantitative estimate of drug-likeness (QED) is 0.205. The maximum Gasteiger partial charge on any atom is 0.164 e. The molecule has 4 heteroatoms. The van der Waals surface area contributed by atoms with E-state index < -0.39 is 0 Å². The standard InChI is InChI=1S/C42H27N3O/c1-26-13-22-38-37(23-26)36-12-6-11-35(39(36)46-38)29-16-18-30(19-17-29)40-43-41(33-20-14-27-7-2-4-9-31(27)24-33)45-42(44-40)34-21-15-28-8-3-5-10-32(28)25-34/h2-25H,1H3. The van der Waals surface area contributed by atoms with E-state index in [0.29, 0.717) is 17.5 Å². The number of fused-ring (bicyclic) bond motifs is 5. The average molecular weight is 590 g/mol. The van der Waals surface area contributed by atoms with Crippen molar-refractivity contribution >= 4 is 43.5 Å². The van der Waals surface area contributed by atoms with Gasteiger partial charge < -0.3 is 4.42 Å². The van der Waals surface area contributed by atoms with E-state index in [2.05, 4.69) is 153 Å². The fourth-order valence-corrected chi connectivity index (χ4v) is 6.36. The zero-order valence-electron chi connectivity index (χ0n) is 25.1. The summed E-state index contributed by atoms with van der Waals surface area (Å²) in [6.45, 7) is 2.11. The third-order valence-corrected chi connectivity index (χ3v) is 8.76. The van der Waals surface area contributed by atoms with Gasteiger partial charge in [0.25, 0.3) is 0 Å². The molecule has 0 atom stereocenters. The predicted octanol–water partition coefficient (Wildman–Crippen LogP) is 11.1. The van der Waals surface area contributed by atoms with Crippen LogP contribution in [0.4, 0.5) is 0 Å². The van der Waals surface area contributed by atoms with Crippen LogP contribution in [0.3, 0.4) is 0 Å². The lowest BCUT2D eigenvalue weighted by molar-refractivity contribution is 0.670. The summed E-state index contributed by atoms with van der Waals surface area (Å²) in [7, 11) is 0. The van der Waals surface area contributed by atoms with Gasteiger partial charge in [0.1, 0.15) is 11.2 Å². The molecular weight excluding hydrogens is 562 g/mol. The highest BCUT2D eigenvalue weighted by Crippen LogP contribution is 2.37. The van der Waals surface area contributed by atoms with Gasteiger partial charge in [-0.25, -0.2) is 15.0 Å². The maximum absolute atomic E-state index is 6.37. The van der Waals surface area contributed by atoms with Gasteiger partial charge >= 0.3 is 0 Å². The average Bonchev–Trinajstić information content (AvgIpc) is 3.49. The van der Waals surface area contributed by atoms with Gasteiger partial charge in [-0.05, 0) is 58.3 Å². The molecule has 0 unspecified atom stereocenters. The van der Waals surface area contributed by atoms with Crippen molar-refractivity contribution < 1.29 is 4.42 Å². The molecule has 7 aromatic carbocycles. The molecule has 2 aromatic heterocycles. The van der Waals surface area contributed by atoms with Crippen LogP contribution in [-0.4, -0.2) is 15.0 Å². The number of rotatable bonds is 4. The molecule has 0 aliphatic rings. The highest BCUT2D eigenvalue weighted by Gasteiger charge is 2.15. The first-order chi connectivity index (χ1) is 22.7. The molecule has 0 amide bonds. The van der Waals surface area contributed by atoms with Gasteiger partial charge in [-0.3, -0.25) is 0 Å². The summed E-state index contributed by atoms with van der Waals surface area (Å²) in [6.07, 6.45) is 0. The fraction of sp³-hybridized carbons (Fsp3) is 0.0238. The van der Waals surface area contributed by atoms with Crippen LogP contribution in [0.15, 0.2) is 150 Å². The van der Waals surface area contributed by atoms with Crippen LogP contribution in [0.2, 0.25) is 0 Å². The Morgan fingerprint density at radius 2 is 0.957 bits per heavy atom. The smallest absolute Gasteiger partial charge is 0.164 e. The third kappa shape index (κ3) is 4.51. The summed E-state index contributed by atoms with van der Waals surface area (Å²) in [6, 6.07) is 50.5. The van der Waals surface area contributed by atoms with Crippen LogP contribution in [0.1, 0.15) is 5.56 Å². The van der Waals surface area contributed by atoms with E-state index in [9.17, 15) is 0 Å². The Hall–Kier alpha value is -6.13. The normalized spacial score (nSPS) is 11.6. The van der Waals surface area contributed by atoms with Crippen molar-refractivity contribution in [3.8, 4) is 45.3 Å². The van der Waals surface area contributed by atoms with Gasteiger partial charge in [0.2, 0.25) is 0 Å². The van der Waals surface area contributed by atoms with Crippen LogP contribution >= 0.6 is 0 Å². The van der Waals surface area contributed by atoms with Crippen molar-refractivity contribution in [2.45, 2.75) is 6.92 Å². The second-order valence-electron chi connectivity index (χ2n) is 11.8. The highest BCUT2D eigenvalue weighted by molar-refractivity contribution is 6.09. The zero-order chi connectivity index (χ0) is 30.6. The predicted molar refractivity (Wildman–Crippen MR) is 189 cm³/mol. The van der Waals surface area contributed by atoms with Crippen LogP contribution in [0, 0.1) is 6.92 Å². The van der Waals surface area contributed by atoms with E-state index in [1.807, 2.05) is 0 Å². The van der Waals surface area contributed by atoms with E-state index in [1.54, 1.807) is 0 Å². The van der Waals surface area contributed by atoms with Gasteiger partial charge in [-0.2, -0.15) is 0 Å². The van der Waals surface area contributed by atoms with Gasteiger partial charge in [0.05, 0.1) is 0 Å². The van der Waals surface area contributed by atoms with Gasteiger partial charge in [-0.15, -0.1) is 0 Å². The minimum Gasteiger partial charge on any atom is -0.455 e. The molecule has 0 N–H and O–H groups in total. The first kappa shape index (κ1) is 26.3. The van der Waals surface area contributed by atoms with Crippen molar-refractivity contribution in [1.82, 2.24) is 15.0 Å². The Bertz CT molecular complexity index is 2500. The SMILES string of the molecule is Cc1ccc2oc3c(-c4ccc(-c5nc(-c6ccc7ccccc7c6)nc(-c6ccc7ccccc7c6)n5)cc4)cccc3c2c1. The van der Waals surface area contributed by atoms with Crippen LogP contribution in [-0.2, 0) is 0 Å². The van der Waals surface area contributed by atoms with E-state index in [-0.39, 0.29) is 0 Å². The summed E-state index contributed by atoms with van der Waals surface area (Å²) in [4.78, 5) is 15.0. The van der Waals surface area contributed by atoms with Crippen LogP contribution in [0.25, 0.3) is 88.8 Å². The number of hydrogen-bond acceptors (Lipinski definition) is 4. The molecular formula is C42H27N3O. The van der Waals surface area contributed by atoms with Crippen molar-refractivity contribution in [1.29, 1.82) is 0 Å². The largest absolute Gasteiger partial charge is 0.455 e. The number of benzene rings is 7. The number of hydrogen-bond donors (Lipinski definition) is 0. The van der Waals surface area contributed by atoms with Crippen molar-refractivity contribution in [2.24, 2.45) is 0 Å². The first-order valence-corrected chi connectivity index (χ1v) is 15.4. The summed E-state index contributed by atoms with van der Waals surface area (Å²) in [5, 5.41) is 6.92. The summed E-state index contributed by atoms with van der Waals surface area (Å²) < 4.78 is 6.37. The molecule has 216 valence electrons. The van der Waals surface area contributed by atoms with E-state index >= 15 is 0 Å². The molecule has 0 fully saturated rings. The number of nitrogens with zero attached hydrogens (tertiary/aromatic N) is 3. The molecule has 0 saturated carbocycles. The Kier molecular flexibility index (Phi) is 6.00. The molecule has 9 aromatic rings. The number of para-hydroxylation sites is 1. The summed E-state index contributed by atoms with van der Waals surface area (Å²) in [5.74, 6) is 1.92.